The second kappa shape index (κ2) is 6.00. The second-order valence-electron chi connectivity index (χ2n) is 5.46. The highest BCUT2D eigenvalue weighted by atomic mass is 32.2. The molecule has 3 amide bonds. The lowest BCUT2D eigenvalue weighted by Gasteiger charge is -2.29. The van der Waals surface area contributed by atoms with E-state index in [1.165, 1.54) is 16.7 Å². The Morgan fingerprint density at radius 2 is 2.09 bits per heavy atom. The van der Waals surface area contributed by atoms with Crippen LogP contribution in [-0.4, -0.2) is 48.0 Å². The Bertz CT molecular complexity index is 634. The van der Waals surface area contributed by atoms with Crippen molar-refractivity contribution >= 4 is 35.2 Å². The van der Waals surface area contributed by atoms with Crippen LogP contribution in [0, 0.1) is 5.92 Å². The largest absolute Gasteiger partial charge is 0.369 e. The number of fused-ring (bicyclic) bond motifs is 1. The third-order valence-electron chi connectivity index (χ3n) is 4.04. The summed E-state index contributed by atoms with van der Waals surface area (Å²) in [5, 5.41) is 0. The quantitative estimate of drug-likeness (QED) is 0.877. The Morgan fingerprint density at radius 3 is 2.82 bits per heavy atom. The zero-order valence-corrected chi connectivity index (χ0v) is 12.8. The fourth-order valence-electron chi connectivity index (χ4n) is 2.78. The molecule has 0 unspecified atom stereocenters. The number of nitrogens with two attached hydrogens (primary N) is 1. The molecule has 6 nitrogen and oxygen atoms in total. The first-order valence-corrected chi connectivity index (χ1v) is 8.14. The molecule has 0 aromatic heterocycles. The minimum Gasteiger partial charge on any atom is -0.369 e. The van der Waals surface area contributed by atoms with Gasteiger partial charge >= 0.3 is 0 Å². The molecule has 1 atom stereocenters. The summed E-state index contributed by atoms with van der Waals surface area (Å²) in [4.78, 5) is 39.9. The van der Waals surface area contributed by atoms with E-state index in [1.54, 1.807) is 4.90 Å². The molecular weight excluding hydrogens is 302 g/mol. The molecule has 0 saturated carbocycles. The monoisotopic (exact) mass is 319 g/mol. The molecule has 7 heteroatoms. The van der Waals surface area contributed by atoms with E-state index in [9.17, 15) is 14.4 Å². The summed E-state index contributed by atoms with van der Waals surface area (Å²) in [6, 6.07) is 7.57. The number of anilines is 1. The summed E-state index contributed by atoms with van der Waals surface area (Å²) in [6.07, 6.45) is 0.599. The molecule has 22 heavy (non-hydrogen) atoms. The number of carbonyl (C=O) groups excluding carboxylic acids is 3. The normalized spacial score (nSPS) is 20.9. The van der Waals surface area contributed by atoms with Gasteiger partial charge in [-0.25, -0.2) is 0 Å². The third kappa shape index (κ3) is 2.81. The molecule has 1 saturated heterocycles. The zero-order chi connectivity index (χ0) is 15.7. The number of hydrogen-bond acceptors (Lipinski definition) is 4. The number of hydrogen-bond donors (Lipinski definition) is 1. The molecule has 2 aliphatic heterocycles. The first-order valence-electron chi connectivity index (χ1n) is 7.15. The lowest BCUT2D eigenvalue weighted by molar-refractivity contribution is -0.130. The highest BCUT2D eigenvalue weighted by Crippen LogP contribution is 2.34. The van der Waals surface area contributed by atoms with Gasteiger partial charge in [0, 0.05) is 18.0 Å². The Balaban J connectivity index is 1.72. The summed E-state index contributed by atoms with van der Waals surface area (Å²) >= 11 is 1.49. The maximum Gasteiger partial charge on any atom is 0.242 e. The van der Waals surface area contributed by atoms with Gasteiger partial charge in [-0.2, -0.15) is 0 Å². The van der Waals surface area contributed by atoms with Gasteiger partial charge in [0.1, 0.15) is 6.54 Å². The first-order chi connectivity index (χ1) is 10.6. The van der Waals surface area contributed by atoms with Gasteiger partial charge in [-0.3, -0.25) is 14.4 Å². The zero-order valence-electron chi connectivity index (χ0n) is 12.0. The van der Waals surface area contributed by atoms with E-state index in [0.717, 1.165) is 10.6 Å². The second-order valence-corrected chi connectivity index (χ2v) is 6.48. The van der Waals surface area contributed by atoms with E-state index >= 15 is 0 Å². The number of thioether (sulfide) groups is 1. The number of nitrogens with zero attached hydrogens (tertiary/aromatic N) is 2. The summed E-state index contributed by atoms with van der Waals surface area (Å²) in [5.41, 5.74) is 6.07. The molecule has 2 N–H and O–H groups in total. The van der Waals surface area contributed by atoms with Crippen LogP contribution in [0.4, 0.5) is 5.69 Å². The van der Waals surface area contributed by atoms with Crippen molar-refractivity contribution in [2.75, 3.05) is 30.3 Å². The van der Waals surface area contributed by atoms with Crippen molar-refractivity contribution in [1.82, 2.24) is 4.90 Å². The van der Waals surface area contributed by atoms with Gasteiger partial charge in [0.25, 0.3) is 0 Å². The van der Waals surface area contributed by atoms with Crippen LogP contribution in [0.1, 0.15) is 6.42 Å². The number of amides is 3. The van der Waals surface area contributed by atoms with E-state index in [0.29, 0.717) is 25.3 Å². The van der Waals surface area contributed by atoms with Crippen LogP contribution >= 0.6 is 11.8 Å². The van der Waals surface area contributed by atoms with Crippen LogP contribution in [0.5, 0.6) is 0 Å². The molecule has 0 aliphatic carbocycles. The topological polar surface area (TPSA) is 83.7 Å². The van der Waals surface area contributed by atoms with E-state index in [-0.39, 0.29) is 30.2 Å². The average molecular weight is 319 g/mol. The van der Waals surface area contributed by atoms with E-state index < -0.39 is 0 Å². The van der Waals surface area contributed by atoms with Gasteiger partial charge in [0.05, 0.1) is 17.4 Å². The predicted octanol–water partition coefficient (Wildman–Crippen LogP) is 0.459. The number of para-hydroxylation sites is 1. The molecule has 2 aliphatic rings. The van der Waals surface area contributed by atoms with Crippen molar-refractivity contribution < 1.29 is 14.4 Å². The molecule has 1 aromatic rings. The van der Waals surface area contributed by atoms with Crippen LogP contribution in [0.15, 0.2) is 29.2 Å². The highest BCUT2D eigenvalue weighted by Gasteiger charge is 2.32. The van der Waals surface area contributed by atoms with Crippen molar-refractivity contribution in [3.05, 3.63) is 24.3 Å². The fraction of sp³-hybridized carbons (Fsp3) is 0.400. The highest BCUT2D eigenvalue weighted by molar-refractivity contribution is 8.00. The molecule has 3 rings (SSSR count). The standard InChI is InChI=1S/C15H17N3O3S/c16-15(21)10-5-6-17(7-10)13(19)8-18-11-3-1-2-4-12(11)22-9-14(18)20/h1-4,10H,5-9H2,(H2,16,21)/t10-/m1/s1. The van der Waals surface area contributed by atoms with Crippen LogP contribution in [0.25, 0.3) is 0 Å². The molecular formula is C15H17N3O3S. The first kappa shape index (κ1) is 14.9. The SMILES string of the molecule is NC(=O)[C@@H]1CCN(C(=O)CN2C(=O)CSc3ccccc32)C1. The van der Waals surface area contributed by atoms with Gasteiger partial charge in [0.2, 0.25) is 17.7 Å². The molecule has 0 bridgehead atoms. The third-order valence-corrected chi connectivity index (χ3v) is 5.09. The van der Waals surface area contributed by atoms with Crippen LogP contribution in [0.2, 0.25) is 0 Å². The van der Waals surface area contributed by atoms with Crippen molar-refractivity contribution in [3.63, 3.8) is 0 Å². The maximum atomic E-state index is 12.4. The number of primary amides is 1. The number of likely N-dealkylation sites (tertiary alicyclic amines) is 1. The lowest BCUT2D eigenvalue weighted by atomic mass is 10.1. The van der Waals surface area contributed by atoms with Gasteiger partial charge in [-0.15, -0.1) is 11.8 Å². The predicted molar refractivity (Wildman–Crippen MR) is 83.4 cm³/mol. The van der Waals surface area contributed by atoms with E-state index in [2.05, 4.69) is 0 Å². The molecule has 1 fully saturated rings. The average Bonchev–Trinajstić information content (AvgIpc) is 3.00. The minimum absolute atomic E-state index is 0.0158. The van der Waals surface area contributed by atoms with Crippen LogP contribution in [0.3, 0.4) is 0 Å². The van der Waals surface area contributed by atoms with Crippen molar-refractivity contribution in [2.45, 2.75) is 11.3 Å². The van der Waals surface area contributed by atoms with Crippen LogP contribution in [-0.2, 0) is 14.4 Å². The summed E-state index contributed by atoms with van der Waals surface area (Å²) in [6.45, 7) is 0.888. The molecule has 1 aromatic carbocycles. The minimum atomic E-state index is -0.369. The number of rotatable bonds is 3. The Hall–Kier alpha value is -2.02. The fourth-order valence-corrected chi connectivity index (χ4v) is 3.72. The lowest BCUT2D eigenvalue weighted by Crippen LogP contribution is -2.44. The number of carbonyl (C=O) groups is 3. The van der Waals surface area contributed by atoms with Gasteiger partial charge in [0.15, 0.2) is 0 Å². The maximum absolute atomic E-state index is 12.4. The molecule has 0 spiro atoms. The Labute approximate surface area is 132 Å². The molecule has 0 radical (unpaired) electrons. The van der Waals surface area contributed by atoms with Crippen LogP contribution < -0.4 is 10.6 Å². The van der Waals surface area contributed by atoms with Crippen molar-refractivity contribution in [1.29, 1.82) is 0 Å². The Morgan fingerprint density at radius 1 is 1.32 bits per heavy atom. The van der Waals surface area contributed by atoms with Gasteiger partial charge in [-0.05, 0) is 18.6 Å². The summed E-state index contributed by atoms with van der Waals surface area (Å²) in [5.74, 6) is -0.509. The number of benzene rings is 1. The van der Waals surface area contributed by atoms with Gasteiger partial charge in [-0.1, -0.05) is 12.1 Å². The van der Waals surface area contributed by atoms with Gasteiger partial charge < -0.3 is 15.5 Å². The molecule has 116 valence electrons. The summed E-state index contributed by atoms with van der Waals surface area (Å²) in [7, 11) is 0. The van der Waals surface area contributed by atoms with E-state index in [4.69, 9.17) is 5.73 Å². The molecule has 2 heterocycles. The van der Waals surface area contributed by atoms with Crippen molar-refractivity contribution in [2.24, 2.45) is 11.7 Å². The van der Waals surface area contributed by atoms with E-state index in [1.807, 2.05) is 24.3 Å². The smallest absolute Gasteiger partial charge is 0.242 e. The van der Waals surface area contributed by atoms with Crippen molar-refractivity contribution in [3.8, 4) is 0 Å². The Kier molecular flexibility index (Phi) is 4.06. The summed E-state index contributed by atoms with van der Waals surface area (Å²) < 4.78 is 0.